The van der Waals surface area contributed by atoms with E-state index in [1.165, 1.54) is 6.42 Å². The van der Waals surface area contributed by atoms with Crippen molar-refractivity contribution in [2.24, 2.45) is 5.92 Å². The van der Waals surface area contributed by atoms with E-state index in [0.29, 0.717) is 17.0 Å². The van der Waals surface area contributed by atoms with Crippen LogP contribution in [0.1, 0.15) is 32.2 Å². The Hall–Kier alpha value is -1.29. The smallest absolute Gasteiger partial charge is 0.202 e. The zero-order valence-corrected chi connectivity index (χ0v) is 10.5. The molecule has 17 heavy (non-hydrogen) atoms. The number of nitrogens with two attached hydrogens (primary N) is 1. The number of pyridine rings is 1. The highest BCUT2D eigenvalue weighted by molar-refractivity contribution is 6.31. The lowest BCUT2D eigenvalue weighted by atomic mass is 10.1. The second kappa shape index (κ2) is 3.88. The van der Waals surface area contributed by atoms with Gasteiger partial charge in [0.1, 0.15) is 5.52 Å². The largest absolute Gasteiger partial charge is 0.369 e. The summed E-state index contributed by atoms with van der Waals surface area (Å²) >= 11 is 5.91. The quantitative estimate of drug-likeness (QED) is 0.846. The van der Waals surface area contributed by atoms with Gasteiger partial charge in [-0.25, -0.2) is 9.97 Å². The van der Waals surface area contributed by atoms with E-state index in [-0.39, 0.29) is 0 Å². The summed E-state index contributed by atoms with van der Waals surface area (Å²) in [5, 5.41) is 0.599. The molecule has 2 unspecified atom stereocenters. The standard InChI is InChI=1S/C12H15ClN4/c1-7-2-3-9(4-7)17-11-10(16-12(17)14)5-8(13)6-15-11/h5-7,9H,2-4H2,1H3,(H2,14,16). The third-order valence-electron chi connectivity index (χ3n) is 3.56. The van der Waals surface area contributed by atoms with Gasteiger partial charge in [0.25, 0.3) is 0 Å². The van der Waals surface area contributed by atoms with Gasteiger partial charge in [-0.05, 0) is 31.2 Å². The molecule has 90 valence electrons. The number of nitrogens with zero attached hydrogens (tertiary/aromatic N) is 3. The van der Waals surface area contributed by atoms with Crippen molar-refractivity contribution in [3.05, 3.63) is 17.3 Å². The fourth-order valence-electron chi connectivity index (χ4n) is 2.75. The second-order valence-corrected chi connectivity index (χ2v) is 5.34. The van der Waals surface area contributed by atoms with Crippen LogP contribution in [0.25, 0.3) is 11.2 Å². The van der Waals surface area contributed by atoms with Crippen LogP contribution in [0.3, 0.4) is 0 Å². The Kier molecular flexibility index (Phi) is 2.47. The van der Waals surface area contributed by atoms with Gasteiger partial charge in [0, 0.05) is 12.2 Å². The van der Waals surface area contributed by atoms with Gasteiger partial charge in [0.05, 0.1) is 5.02 Å². The van der Waals surface area contributed by atoms with Crippen molar-refractivity contribution in [1.29, 1.82) is 0 Å². The first-order valence-corrected chi connectivity index (χ1v) is 6.32. The van der Waals surface area contributed by atoms with Crippen LogP contribution in [0.5, 0.6) is 0 Å². The number of rotatable bonds is 1. The molecule has 2 N–H and O–H groups in total. The fraction of sp³-hybridized carbons (Fsp3) is 0.500. The van der Waals surface area contributed by atoms with Gasteiger partial charge in [-0.3, -0.25) is 4.57 Å². The molecule has 0 aliphatic heterocycles. The maximum Gasteiger partial charge on any atom is 0.202 e. The van der Waals surface area contributed by atoms with Crippen LogP contribution in [-0.4, -0.2) is 14.5 Å². The summed E-state index contributed by atoms with van der Waals surface area (Å²) in [5.41, 5.74) is 7.64. The number of halogens is 1. The maximum atomic E-state index is 6.00. The molecule has 2 aromatic heterocycles. The lowest BCUT2D eigenvalue weighted by Gasteiger charge is -2.13. The van der Waals surface area contributed by atoms with Crippen LogP contribution < -0.4 is 5.73 Å². The molecule has 0 radical (unpaired) electrons. The molecule has 0 amide bonds. The number of nitrogen functional groups attached to an aromatic ring is 1. The van der Waals surface area contributed by atoms with Crippen molar-refractivity contribution < 1.29 is 0 Å². The highest BCUT2D eigenvalue weighted by Gasteiger charge is 2.26. The predicted octanol–water partition coefficient (Wildman–Crippen LogP) is 3.03. The van der Waals surface area contributed by atoms with Gasteiger partial charge in [0.15, 0.2) is 5.65 Å². The number of imidazole rings is 1. The first-order valence-electron chi connectivity index (χ1n) is 5.94. The minimum atomic E-state index is 0.434. The van der Waals surface area contributed by atoms with Gasteiger partial charge < -0.3 is 5.73 Å². The zero-order chi connectivity index (χ0) is 12.0. The molecule has 5 heteroatoms. The molecule has 1 aliphatic rings. The molecule has 4 nitrogen and oxygen atoms in total. The molecule has 0 aromatic carbocycles. The average molecular weight is 251 g/mol. The molecule has 1 saturated carbocycles. The molecule has 0 bridgehead atoms. The van der Waals surface area contributed by atoms with Gasteiger partial charge in [-0.1, -0.05) is 18.5 Å². The van der Waals surface area contributed by atoms with E-state index in [9.17, 15) is 0 Å². The van der Waals surface area contributed by atoms with E-state index in [1.54, 1.807) is 6.20 Å². The van der Waals surface area contributed by atoms with E-state index < -0.39 is 0 Å². The van der Waals surface area contributed by atoms with Gasteiger partial charge in [0.2, 0.25) is 5.95 Å². The zero-order valence-electron chi connectivity index (χ0n) is 9.73. The molecular weight excluding hydrogens is 236 g/mol. The van der Waals surface area contributed by atoms with Crippen LogP contribution in [-0.2, 0) is 0 Å². The predicted molar refractivity (Wildman–Crippen MR) is 69.0 cm³/mol. The first-order chi connectivity index (χ1) is 8.15. The van der Waals surface area contributed by atoms with E-state index in [1.807, 2.05) is 6.07 Å². The highest BCUT2D eigenvalue weighted by atomic mass is 35.5. The van der Waals surface area contributed by atoms with E-state index in [2.05, 4.69) is 21.5 Å². The number of hydrogen-bond acceptors (Lipinski definition) is 3. The Morgan fingerprint density at radius 3 is 3.00 bits per heavy atom. The molecule has 2 heterocycles. The Balaban J connectivity index is 2.12. The normalized spacial score (nSPS) is 24.6. The minimum Gasteiger partial charge on any atom is -0.369 e. The van der Waals surface area contributed by atoms with Crippen molar-refractivity contribution >= 4 is 28.7 Å². The van der Waals surface area contributed by atoms with Crippen molar-refractivity contribution in [3.8, 4) is 0 Å². The number of anilines is 1. The summed E-state index contributed by atoms with van der Waals surface area (Å²) in [6.45, 7) is 2.28. The molecule has 0 spiro atoms. The maximum absolute atomic E-state index is 6.00. The van der Waals surface area contributed by atoms with Crippen LogP contribution in [0.15, 0.2) is 12.3 Å². The number of fused-ring (bicyclic) bond motifs is 1. The van der Waals surface area contributed by atoms with Crippen LogP contribution in [0.2, 0.25) is 5.02 Å². The van der Waals surface area contributed by atoms with Crippen molar-refractivity contribution in [1.82, 2.24) is 14.5 Å². The molecule has 3 rings (SSSR count). The van der Waals surface area contributed by atoms with E-state index in [0.717, 1.165) is 29.9 Å². The van der Waals surface area contributed by atoms with Crippen molar-refractivity contribution in [2.45, 2.75) is 32.2 Å². The topological polar surface area (TPSA) is 56.7 Å². The third kappa shape index (κ3) is 1.76. The summed E-state index contributed by atoms with van der Waals surface area (Å²) < 4.78 is 2.06. The number of aromatic nitrogens is 3. The van der Waals surface area contributed by atoms with Gasteiger partial charge in [-0.2, -0.15) is 0 Å². The first kappa shape index (κ1) is 10.8. The average Bonchev–Trinajstić information content (AvgIpc) is 2.80. The van der Waals surface area contributed by atoms with Crippen molar-refractivity contribution in [3.63, 3.8) is 0 Å². The highest BCUT2D eigenvalue weighted by Crippen LogP contribution is 2.37. The van der Waals surface area contributed by atoms with Gasteiger partial charge in [-0.15, -0.1) is 0 Å². The van der Waals surface area contributed by atoms with E-state index >= 15 is 0 Å². The lowest BCUT2D eigenvalue weighted by molar-refractivity contribution is 0.508. The minimum absolute atomic E-state index is 0.434. The molecule has 0 saturated heterocycles. The summed E-state index contributed by atoms with van der Waals surface area (Å²) in [4.78, 5) is 8.70. The van der Waals surface area contributed by atoms with Crippen LogP contribution in [0, 0.1) is 5.92 Å². The molecule has 2 atom stereocenters. The van der Waals surface area contributed by atoms with E-state index in [4.69, 9.17) is 17.3 Å². The van der Waals surface area contributed by atoms with Crippen LogP contribution >= 0.6 is 11.6 Å². The third-order valence-corrected chi connectivity index (χ3v) is 3.76. The SMILES string of the molecule is CC1CCC(n2c(N)nc3cc(Cl)cnc32)C1. The fourth-order valence-corrected chi connectivity index (χ4v) is 2.90. The Morgan fingerprint density at radius 1 is 1.47 bits per heavy atom. The summed E-state index contributed by atoms with van der Waals surface area (Å²) in [6.07, 6.45) is 5.21. The molecule has 1 aliphatic carbocycles. The Morgan fingerprint density at radius 2 is 2.29 bits per heavy atom. The van der Waals surface area contributed by atoms with Crippen molar-refractivity contribution in [2.75, 3.05) is 5.73 Å². The molecular formula is C12H15ClN4. The molecule has 1 fully saturated rings. The summed E-state index contributed by atoms with van der Waals surface area (Å²) in [6, 6.07) is 2.25. The number of hydrogen-bond donors (Lipinski definition) is 1. The Labute approximate surface area is 105 Å². The summed E-state index contributed by atoms with van der Waals surface area (Å²) in [7, 11) is 0. The second-order valence-electron chi connectivity index (χ2n) is 4.91. The Bertz CT molecular complexity index is 563. The van der Waals surface area contributed by atoms with Gasteiger partial charge >= 0.3 is 0 Å². The molecule has 2 aromatic rings. The van der Waals surface area contributed by atoms with Crippen LogP contribution in [0.4, 0.5) is 5.95 Å². The summed E-state index contributed by atoms with van der Waals surface area (Å²) in [5.74, 6) is 1.30. The lowest BCUT2D eigenvalue weighted by Crippen LogP contribution is -2.09. The monoisotopic (exact) mass is 250 g/mol.